The number of benzene rings is 2. The topological polar surface area (TPSA) is 73.7 Å². The third kappa shape index (κ3) is 3.04. The van der Waals surface area contributed by atoms with Gasteiger partial charge < -0.3 is 9.46 Å². The number of aromatic nitrogens is 2. The summed E-state index contributed by atoms with van der Waals surface area (Å²) >= 11 is 7.13. The second-order valence-electron chi connectivity index (χ2n) is 4.57. The molecule has 2 N–H and O–H groups in total. The van der Waals surface area contributed by atoms with E-state index in [1.54, 1.807) is 18.2 Å². The second-order valence-corrected chi connectivity index (χ2v) is 5.80. The van der Waals surface area contributed by atoms with Crippen molar-refractivity contribution in [3.63, 3.8) is 0 Å². The first-order chi connectivity index (χ1) is 11.1. The van der Waals surface area contributed by atoms with E-state index in [1.165, 1.54) is 31.2 Å². The summed E-state index contributed by atoms with van der Waals surface area (Å²) in [6, 6.07) is 9.74. The van der Waals surface area contributed by atoms with Crippen LogP contribution in [0, 0.1) is 17.1 Å². The molecule has 1 heterocycles. The minimum Gasteiger partial charge on any atom is -0.495 e. The fourth-order valence-electron chi connectivity index (χ4n) is 2.04. The summed E-state index contributed by atoms with van der Waals surface area (Å²) in [5.41, 5.74) is 1.15. The number of nitriles is 1. The van der Waals surface area contributed by atoms with Crippen LogP contribution in [-0.2, 0) is 0 Å². The number of methoxy groups -OCH3 is 1. The van der Waals surface area contributed by atoms with E-state index in [9.17, 15) is 4.39 Å². The van der Waals surface area contributed by atoms with Crippen LogP contribution in [0.2, 0.25) is 5.02 Å². The van der Waals surface area contributed by atoms with E-state index < -0.39 is 5.82 Å². The van der Waals surface area contributed by atoms with Crippen LogP contribution in [-0.4, -0.2) is 17.3 Å². The van der Waals surface area contributed by atoms with Crippen molar-refractivity contribution in [1.82, 2.24) is 10.2 Å². The van der Waals surface area contributed by atoms with Gasteiger partial charge in [-0.2, -0.15) is 10.4 Å². The molecule has 1 aromatic heterocycles. The predicted molar refractivity (Wildman–Crippen MR) is 88.3 cm³/mol. The molecule has 0 aliphatic carbocycles. The molecule has 116 valence electrons. The molecule has 2 aromatic carbocycles. The Morgan fingerprint density at radius 1 is 1.39 bits per heavy atom. The number of hydrogen-bond donors (Lipinski definition) is 2. The average Bonchev–Trinajstić information content (AvgIpc) is 2.95. The van der Waals surface area contributed by atoms with Crippen molar-refractivity contribution in [2.24, 2.45) is 0 Å². The SMILES string of the molecule is COc1cc(C#N)c(F)cc1NSc1n[nH]c2cc(Cl)ccc12. The van der Waals surface area contributed by atoms with E-state index in [1.807, 2.05) is 6.07 Å². The fraction of sp³-hybridized carbons (Fsp3) is 0.0667. The zero-order valence-electron chi connectivity index (χ0n) is 11.9. The maximum Gasteiger partial charge on any atom is 0.146 e. The zero-order valence-corrected chi connectivity index (χ0v) is 13.4. The molecule has 0 amide bonds. The molecule has 0 aliphatic heterocycles. The van der Waals surface area contributed by atoms with Gasteiger partial charge in [0.2, 0.25) is 0 Å². The number of nitrogens with zero attached hydrogens (tertiary/aromatic N) is 2. The molecular formula is C15H10ClFN4OS. The molecular weight excluding hydrogens is 339 g/mol. The van der Waals surface area contributed by atoms with Crippen LogP contribution in [0.5, 0.6) is 5.75 Å². The molecule has 3 rings (SSSR count). The van der Waals surface area contributed by atoms with Gasteiger partial charge in [-0.1, -0.05) is 11.6 Å². The molecule has 0 bridgehead atoms. The van der Waals surface area contributed by atoms with Gasteiger partial charge in [-0.15, -0.1) is 0 Å². The standard InChI is InChI=1S/C15H10ClFN4OS/c1-22-14-4-8(7-18)11(17)6-13(14)21-23-15-10-3-2-9(16)5-12(10)19-20-15/h2-6,21H,1H3,(H,19,20). The highest BCUT2D eigenvalue weighted by Crippen LogP contribution is 2.33. The van der Waals surface area contributed by atoms with E-state index >= 15 is 0 Å². The van der Waals surface area contributed by atoms with Crippen molar-refractivity contribution in [3.05, 3.63) is 46.7 Å². The Balaban J connectivity index is 1.88. The number of H-pyrrole nitrogens is 1. The van der Waals surface area contributed by atoms with Crippen LogP contribution in [0.4, 0.5) is 10.1 Å². The largest absolute Gasteiger partial charge is 0.495 e. The lowest BCUT2D eigenvalue weighted by molar-refractivity contribution is 0.416. The number of hydrogen-bond acceptors (Lipinski definition) is 5. The van der Waals surface area contributed by atoms with Crippen LogP contribution in [0.3, 0.4) is 0 Å². The Morgan fingerprint density at radius 3 is 2.96 bits per heavy atom. The Labute approximate surface area is 140 Å². The zero-order chi connectivity index (χ0) is 16.4. The van der Waals surface area contributed by atoms with Gasteiger partial charge in [-0.3, -0.25) is 5.10 Å². The minimum absolute atomic E-state index is 0.0720. The number of fused-ring (bicyclic) bond motifs is 1. The molecule has 8 heteroatoms. The van der Waals surface area contributed by atoms with Gasteiger partial charge in [0.1, 0.15) is 22.7 Å². The van der Waals surface area contributed by atoms with E-state index in [0.29, 0.717) is 21.5 Å². The second kappa shape index (κ2) is 6.36. The number of aromatic amines is 1. The molecule has 0 aliphatic rings. The van der Waals surface area contributed by atoms with Crippen molar-refractivity contribution in [2.75, 3.05) is 11.8 Å². The first-order valence-electron chi connectivity index (χ1n) is 6.46. The number of nitrogens with one attached hydrogen (secondary N) is 2. The third-order valence-electron chi connectivity index (χ3n) is 3.16. The van der Waals surface area contributed by atoms with Gasteiger partial charge in [0.05, 0.1) is 23.9 Å². The molecule has 0 atom stereocenters. The summed E-state index contributed by atoms with van der Waals surface area (Å²) in [6.07, 6.45) is 0. The average molecular weight is 349 g/mol. The molecule has 5 nitrogen and oxygen atoms in total. The molecule has 0 radical (unpaired) electrons. The monoisotopic (exact) mass is 348 g/mol. The van der Waals surface area contributed by atoms with Crippen molar-refractivity contribution in [2.45, 2.75) is 5.03 Å². The van der Waals surface area contributed by atoms with Crippen molar-refractivity contribution >= 4 is 40.1 Å². The number of rotatable bonds is 4. The number of halogens is 2. The minimum atomic E-state index is -0.616. The van der Waals surface area contributed by atoms with E-state index in [4.69, 9.17) is 21.6 Å². The van der Waals surface area contributed by atoms with Crippen LogP contribution < -0.4 is 9.46 Å². The molecule has 3 aromatic rings. The Hall–Kier alpha value is -2.43. The summed E-state index contributed by atoms with van der Waals surface area (Å²) in [6.45, 7) is 0. The Morgan fingerprint density at radius 2 is 2.22 bits per heavy atom. The van der Waals surface area contributed by atoms with Crippen molar-refractivity contribution in [3.8, 4) is 11.8 Å². The maximum atomic E-state index is 13.8. The molecule has 0 fully saturated rings. The Kier molecular flexibility index (Phi) is 4.28. The number of anilines is 1. The molecule has 0 saturated heterocycles. The summed E-state index contributed by atoms with van der Waals surface area (Å²) in [5.74, 6) is -0.242. The van der Waals surface area contributed by atoms with E-state index in [-0.39, 0.29) is 5.56 Å². The highest BCUT2D eigenvalue weighted by Gasteiger charge is 2.12. The van der Waals surface area contributed by atoms with E-state index in [0.717, 1.165) is 10.9 Å². The van der Waals surface area contributed by atoms with E-state index in [2.05, 4.69) is 14.9 Å². The number of ether oxygens (including phenoxy) is 1. The summed E-state index contributed by atoms with van der Waals surface area (Å²) < 4.78 is 21.9. The van der Waals surface area contributed by atoms with Gasteiger partial charge in [-0.25, -0.2) is 4.39 Å². The molecule has 0 unspecified atom stereocenters. The van der Waals surface area contributed by atoms with Crippen LogP contribution >= 0.6 is 23.5 Å². The van der Waals surface area contributed by atoms with Crippen LogP contribution in [0.1, 0.15) is 5.56 Å². The molecule has 0 spiro atoms. The van der Waals surface area contributed by atoms with Gasteiger partial charge >= 0.3 is 0 Å². The highest BCUT2D eigenvalue weighted by atomic mass is 35.5. The van der Waals surface area contributed by atoms with Crippen molar-refractivity contribution in [1.29, 1.82) is 5.26 Å². The quantitative estimate of drug-likeness (QED) is 0.685. The van der Waals surface area contributed by atoms with Crippen LogP contribution in [0.25, 0.3) is 10.9 Å². The molecule has 23 heavy (non-hydrogen) atoms. The van der Waals surface area contributed by atoms with Gasteiger partial charge in [0, 0.05) is 34.5 Å². The smallest absolute Gasteiger partial charge is 0.146 e. The molecule has 0 saturated carbocycles. The maximum absolute atomic E-state index is 13.8. The van der Waals surface area contributed by atoms with Gasteiger partial charge in [0.15, 0.2) is 0 Å². The van der Waals surface area contributed by atoms with Crippen molar-refractivity contribution < 1.29 is 9.13 Å². The Bertz CT molecular complexity index is 922. The summed E-state index contributed by atoms with van der Waals surface area (Å²) in [7, 11) is 1.45. The first kappa shape index (κ1) is 15.5. The lowest BCUT2D eigenvalue weighted by Gasteiger charge is -2.10. The first-order valence-corrected chi connectivity index (χ1v) is 7.66. The lowest BCUT2D eigenvalue weighted by atomic mass is 10.2. The summed E-state index contributed by atoms with van der Waals surface area (Å²) in [5, 5.41) is 18.1. The fourth-order valence-corrected chi connectivity index (χ4v) is 2.95. The normalized spacial score (nSPS) is 10.5. The van der Waals surface area contributed by atoms with Gasteiger partial charge in [-0.05, 0) is 18.2 Å². The summed E-state index contributed by atoms with van der Waals surface area (Å²) in [4.78, 5) is 0. The lowest BCUT2D eigenvalue weighted by Crippen LogP contribution is -1.96. The third-order valence-corrected chi connectivity index (χ3v) is 4.22. The van der Waals surface area contributed by atoms with Gasteiger partial charge in [0.25, 0.3) is 0 Å². The highest BCUT2D eigenvalue weighted by molar-refractivity contribution is 8.00. The van der Waals surface area contributed by atoms with Crippen LogP contribution in [0.15, 0.2) is 35.4 Å². The predicted octanol–water partition coefficient (Wildman–Crippen LogP) is 4.35.